The summed E-state index contributed by atoms with van der Waals surface area (Å²) in [7, 11) is -3.81. The summed E-state index contributed by atoms with van der Waals surface area (Å²) in [6.45, 7) is 0. The van der Waals surface area contributed by atoms with Crippen molar-refractivity contribution in [1.29, 1.82) is 0 Å². The number of carboxylic acid groups (broad SMARTS) is 1. The quantitative estimate of drug-likeness (QED) is 0.413. The van der Waals surface area contributed by atoms with Crippen LogP contribution in [0.4, 0.5) is 5.69 Å². The molecule has 2 rings (SSSR count). The highest BCUT2D eigenvalue weighted by molar-refractivity contribution is 8.00. The van der Waals surface area contributed by atoms with Crippen molar-refractivity contribution in [2.45, 2.75) is 15.5 Å². The summed E-state index contributed by atoms with van der Waals surface area (Å²) in [6, 6.07) is 11.8. The fourth-order valence-electron chi connectivity index (χ4n) is 1.94. The molecular weight excluding hydrogens is 354 g/mol. The van der Waals surface area contributed by atoms with Crippen molar-refractivity contribution in [3.05, 3.63) is 64.2 Å². The minimum absolute atomic E-state index is 0.181. The molecule has 0 bridgehead atoms. The van der Waals surface area contributed by atoms with Crippen molar-refractivity contribution >= 4 is 33.3 Å². The molecule has 0 N–H and O–H groups in total. The number of nitrogens with zero attached hydrogens (tertiary/aromatic N) is 1. The van der Waals surface area contributed by atoms with Gasteiger partial charge in [-0.2, -0.15) is 0 Å². The third-order valence-electron chi connectivity index (χ3n) is 2.99. The van der Waals surface area contributed by atoms with Gasteiger partial charge in [-0.15, -0.1) is 11.8 Å². The number of carbonyl (C=O) groups is 1. The molecule has 0 unspecified atom stereocenters. The predicted octanol–water partition coefficient (Wildman–Crippen LogP) is 1.41. The van der Waals surface area contributed by atoms with Gasteiger partial charge in [0.2, 0.25) is 0 Å². The summed E-state index contributed by atoms with van der Waals surface area (Å²) in [4.78, 5) is 20.8. The molecule has 2 aromatic rings. The number of nitro groups is 1. The normalized spacial score (nSPS) is 11.2. The molecule has 0 aliphatic heterocycles. The fraction of sp³-hybridized carbons (Fsp3) is 0.133. The number of carboxylic acids is 1. The van der Waals surface area contributed by atoms with E-state index >= 15 is 0 Å². The lowest BCUT2D eigenvalue weighted by atomic mass is 10.2. The van der Waals surface area contributed by atoms with E-state index < -0.39 is 32.2 Å². The third kappa shape index (κ3) is 4.80. The average Bonchev–Trinajstić information content (AvgIpc) is 2.53. The minimum atomic E-state index is -3.81. The SMILES string of the molecule is O=C([O-])CSc1cc([N+](=O)[O-])cc(S(=O)(=O)Cc2ccccc2)c1. The lowest BCUT2D eigenvalue weighted by molar-refractivity contribution is -0.385. The molecule has 24 heavy (non-hydrogen) atoms. The van der Waals surface area contributed by atoms with Gasteiger partial charge >= 0.3 is 0 Å². The number of aliphatic carboxylic acids is 1. The van der Waals surface area contributed by atoms with Gasteiger partial charge in [0.25, 0.3) is 5.69 Å². The highest BCUT2D eigenvalue weighted by Gasteiger charge is 2.20. The van der Waals surface area contributed by atoms with Gasteiger partial charge in [0.1, 0.15) is 0 Å². The average molecular weight is 366 g/mol. The zero-order chi connectivity index (χ0) is 17.7. The largest absolute Gasteiger partial charge is 0.549 e. The number of non-ortho nitro benzene ring substituents is 1. The molecule has 0 saturated heterocycles. The topological polar surface area (TPSA) is 117 Å². The highest BCUT2D eigenvalue weighted by atomic mass is 32.2. The monoisotopic (exact) mass is 366 g/mol. The van der Waals surface area contributed by atoms with Crippen LogP contribution in [0.2, 0.25) is 0 Å². The van der Waals surface area contributed by atoms with Crippen molar-refractivity contribution in [3.8, 4) is 0 Å². The number of hydrogen-bond acceptors (Lipinski definition) is 7. The number of hydrogen-bond donors (Lipinski definition) is 0. The maximum atomic E-state index is 12.5. The van der Waals surface area contributed by atoms with Gasteiger partial charge in [0.15, 0.2) is 9.84 Å². The van der Waals surface area contributed by atoms with E-state index in [0.717, 1.165) is 23.9 Å². The second-order valence-electron chi connectivity index (χ2n) is 4.83. The zero-order valence-corrected chi connectivity index (χ0v) is 13.9. The summed E-state index contributed by atoms with van der Waals surface area (Å²) in [6.07, 6.45) is 0. The van der Waals surface area contributed by atoms with Crippen LogP contribution in [-0.4, -0.2) is 25.1 Å². The predicted molar refractivity (Wildman–Crippen MR) is 86.2 cm³/mol. The molecule has 0 atom stereocenters. The lowest BCUT2D eigenvalue weighted by Gasteiger charge is -2.08. The van der Waals surface area contributed by atoms with Crippen LogP contribution < -0.4 is 5.11 Å². The van der Waals surface area contributed by atoms with Crippen LogP contribution in [0.3, 0.4) is 0 Å². The van der Waals surface area contributed by atoms with Gasteiger partial charge in [0, 0.05) is 22.8 Å². The van der Waals surface area contributed by atoms with Crippen LogP contribution >= 0.6 is 11.8 Å². The van der Waals surface area contributed by atoms with Crippen molar-refractivity contribution in [1.82, 2.24) is 0 Å². The van der Waals surface area contributed by atoms with E-state index in [-0.39, 0.29) is 15.5 Å². The first-order valence-corrected chi connectivity index (χ1v) is 9.30. The standard InChI is InChI=1S/C15H13NO6S2/c17-15(18)9-23-13-6-12(16(19)20)7-14(8-13)24(21,22)10-11-4-2-1-3-5-11/h1-8H,9-10H2,(H,17,18)/p-1. The van der Waals surface area contributed by atoms with E-state index in [2.05, 4.69) is 0 Å². The van der Waals surface area contributed by atoms with Crippen LogP contribution in [0, 0.1) is 10.1 Å². The Balaban J connectivity index is 2.39. The van der Waals surface area contributed by atoms with Crippen molar-refractivity contribution in [2.24, 2.45) is 0 Å². The second-order valence-corrected chi connectivity index (χ2v) is 7.86. The maximum absolute atomic E-state index is 12.5. The molecule has 0 heterocycles. The Hall–Kier alpha value is -2.39. The Morgan fingerprint density at radius 1 is 1.12 bits per heavy atom. The van der Waals surface area contributed by atoms with Gasteiger partial charge in [-0.1, -0.05) is 30.3 Å². The van der Waals surface area contributed by atoms with Gasteiger partial charge in [-0.05, 0) is 11.6 Å². The molecule has 0 aliphatic carbocycles. The highest BCUT2D eigenvalue weighted by Crippen LogP contribution is 2.29. The number of rotatable bonds is 7. The molecule has 2 aromatic carbocycles. The summed E-state index contributed by atoms with van der Waals surface area (Å²) in [5.74, 6) is -2.08. The number of carbonyl (C=O) groups excluding carboxylic acids is 1. The van der Waals surface area contributed by atoms with E-state index in [0.29, 0.717) is 5.56 Å². The fourth-order valence-corrected chi connectivity index (χ4v) is 4.12. The van der Waals surface area contributed by atoms with Crippen LogP contribution in [0.15, 0.2) is 58.3 Å². The molecule has 0 aromatic heterocycles. The first kappa shape index (κ1) is 18.0. The van der Waals surface area contributed by atoms with Crippen LogP contribution in [0.5, 0.6) is 0 Å². The number of benzene rings is 2. The molecule has 9 heteroatoms. The first-order valence-electron chi connectivity index (χ1n) is 6.67. The maximum Gasteiger partial charge on any atom is 0.271 e. The van der Waals surface area contributed by atoms with E-state index in [4.69, 9.17) is 0 Å². The molecule has 0 fully saturated rings. The molecule has 0 radical (unpaired) electrons. The number of nitro benzene ring substituents is 1. The Bertz CT molecular complexity index is 865. The van der Waals surface area contributed by atoms with Crippen LogP contribution in [0.1, 0.15) is 5.56 Å². The molecule has 0 spiro atoms. The molecule has 0 aliphatic rings. The zero-order valence-electron chi connectivity index (χ0n) is 12.2. The molecular formula is C15H12NO6S2-. The molecule has 0 saturated carbocycles. The summed E-state index contributed by atoms with van der Waals surface area (Å²) in [5.41, 5.74) is 0.137. The van der Waals surface area contributed by atoms with Gasteiger partial charge in [-0.3, -0.25) is 10.1 Å². The Morgan fingerprint density at radius 3 is 2.38 bits per heavy atom. The summed E-state index contributed by atoms with van der Waals surface area (Å²) in [5, 5.41) is 21.5. The van der Waals surface area contributed by atoms with Crippen molar-refractivity contribution < 1.29 is 23.2 Å². The van der Waals surface area contributed by atoms with E-state index in [1.54, 1.807) is 30.3 Å². The summed E-state index contributed by atoms with van der Waals surface area (Å²) >= 11 is 0.766. The third-order valence-corrected chi connectivity index (χ3v) is 5.61. The van der Waals surface area contributed by atoms with Crippen molar-refractivity contribution in [3.63, 3.8) is 0 Å². The second kappa shape index (κ2) is 7.45. The lowest BCUT2D eigenvalue weighted by Crippen LogP contribution is -2.24. The smallest absolute Gasteiger partial charge is 0.271 e. The molecule has 7 nitrogen and oxygen atoms in total. The van der Waals surface area contributed by atoms with Crippen LogP contribution in [0.25, 0.3) is 0 Å². The minimum Gasteiger partial charge on any atom is -0.549 e. The summed E-state index contributed by atoms with van der Waals surface area (Å²) < 4.78 is 25.0. The van der Waals surface area contributed by atoms with E-state index in [1.165, 1.54) is 6.07 Å². The number of thioether (sulfide) groups is 1. The van der Waals surface area contributed by atoms with E-state index in [1.807, 2.05) is 0 Å². The Morgan fingerprint density at radius 2 is 1.79 bits per heavy atom. The Labute approximate surface area is 142 Å². The van der Waals surface area contributed by atoms with Crippen molar-refractivity contribution in [2.75, 3.05) is 5.75 Å². The van der Waals surface area contributed by atoms with Gasteiger partial charge in [-0.25, -0.2) is 8.42 Å². The van der Waals surface area contributed by atoms with Gasteiger partial charge in [0.05, 0.1) is 21.5 Å². The van der Waals surface area contributed by atoms with Crippen LogP contribution in [-0.2, 0) is 20.4 Å². The molecule has 126 valence electrons. The first-order chi connectivity index (χ1) is 11.3. The molecule has 0 amide bonds. The van der Waals surface area contributed by atoms with E-state index in [9.17, 15) is 28.4 Å². The number of sulfone groups is 1. The van der Waals surface area contributed by atoms with Gasteiger partial charge < -0.3 is 9.90 Å². The Kier molecular flexibility index (Phi) is 5.58.